The lowest BCUT2D eigenvalue weighted by molar-refractivity contribution is -0.134. The number of imide groups is 1. The Morgan fingerprint density at radius 2 is 1.87 bits per heavy atom. The van der Waals surface area contributed by atoms with E-state index >= 15 is 4.39 Å². The molecule has 0 bridgehead atoms. The van der Waals surface area contributed by atoms with Gasteiger partial charge in [-0.3, -0.25) is 39.3 Å². The number of aromatic nitrogens is 4. The number of pyridine rings is 2. The Morgan fingerprint density at radius 1 is 1.04 bits per heavy atom. The van der Waals surface area contributed by atoms with Gasteiger partial charge in [-0.25, -0.2) is 9.37 Å². The molecule has 13 nitrogen and oxygen atoms in total. The fraction of sp³-hybridized carbons (Fsp3) is 0.250. The molecule has 2 aliphatic heterocycles. The van der Waals surface area contributed by atoms with Crippen LogP contribution in [0.3, 0.4) is 0 Å². The quantitative estimate of drug-likeness (QED) is 0.179. The third-order valence-corrected chi connectivity index (χ3v) is 9.65. The number of imidazole rings is 1. The van der Waals surface area contributed by atoms with Gasteiger partial charge < -0.3 is 20.1 Å². The number of piperidine rings is 1. The molecular formula is C40H43FN8O5. The van der Waals surface area contributed by atoms with Crippen LogP contribution in [-0.2, 0) is 33.9 Å². The second kappa shape index (κ2) is 15.2. The molecule has 2 aliphatic rings. The molecule has 0 radical (unpaired) electrons. The van der Waals surface area contributed by atoms with Gasteiger partial charge in [0.1, 0.15) is 23.4 Å². The van der Waals surface area contributed by atoms with E-state index in [1.807, 2.05) is 35.4 Å². The van der Waals surface area contributed by atoms with Gasteiger partial charge in [-0.15, -0.1) is 0 Å². The minimum Gasteiger partial charge on any atom is -0.347 e. The highest BCUT2D eigenvalue weighted by Crippen LogP contribution is 2.34. The van der Waals surface area contributed by atoms with E-state index in [0.717, 1.165) is 45.5 Å². The van der Waals surface area contributed by atoms with Gasteiger partial charge in [-0.1, -0.05) is 49.4 Å². The first-order valence-electron chi connectivity index (χ1n) is 17.7. The average molecular weight is 735 g/mol. The maximum atomic E-state index is 15.2. The maximum absolute atomic E-state index is 15.2. The van der Waals surface area contributed by atoms with Gasteiger partial charge in [0.15, 0.2) is 0 Å². The predicted molar refractivity (Wildman–Crippen MR) is 204 cm³/mol. The first kappa shape index (κ1) is 35.8. The first-order valence-corrected chi connectivity index (χ1v) is 17.7. The van der Waals surface area contributed by atoms with Gasteiger partial charge in [0.05, 0.1) is 29.2 Å². The summed E-state index contributed by atoms with van der Waals surface area (Å²) in [5.74, 6) is -2.01. The molecule has 0 saturated carbocycles. The lowest BCUT2D eigenvalue weighted by Gasteiger charge is -2.28. The molecule has 1 unspecified atom stereocenters. The summed E-state index contributed by atoms with van der Waals surface area (Å²) in [6, 6.07) is 14.7. The highest BCUT2D eigenvalue weighted by atomic mass is 19.1. The van der Waals surface area contributed by atoms with Crippen molar-refractivity contribution in [3.63, 3.8) is 0 Å². The van der Waals surface area contributed by atoms with Crippen molar-refractivity contribution >= 4 is 46.4 Å². The van der Waals surface area contributed by atoms with Crippen LogP contribution in [0.5, 0.6) is 0 Å². The zero-order valence-corrected chi connectivity index (χ0v) is 29.7. The Morgan fingerprint density at radius 3 is 2.63 bits per heavy atom. The number of benzene rings is 2. The zero-order chi connectivity index (χ0) is 37.9. The smallest absolute Gasteiger partial charge is 0.270 e. The molecule has 0 aliphatic carbocycles. The molecule has 5 aromatic rings. The molecular weight excluding hydrogens is 691 g/mol. The van der Waals surface area contributed by atoms with E-state index in [0.29, 0.717) is 25.3 Å². The number of carbonyl (C=O) groups is 5. The van der Waals surface area contributed by atoms with Crippen LogP contribution in [0.4, 0.5) is 4.39 Å². The van der Waals surface area contributed by atoms with E-state index in [-0.39, 0.29) is 46.4 Å². The van der Waals surface area contributed by atoms with Crippen molar-refractivity contribution in [2.45, 2.75) is 52.2 Å². The van der Waals surface area contributed by atoms with E-state index in [9.17, 15) is 24.0 Å². The minimum atomic E-state index is -0.931. The topological polar surface area (TPSA) is 168 Å². The number of nitrogens with one attached hydrogen (secondary N) is 3. The van der Waals surface area contributed by atoms with Gasteiger partial charge in [0.2, 0.25) is 17.7 Å². The number of amides is 5. The van der Waals surface area contributed by atoms with Gasteiger partial charge in [-0.2, -0.15) is 0 Å². The Labute approximate surface area is 314 Å². The van der Waals surface area contributed by atoms with E-state index in [4.69, 9.17) is 9.97 Å². The molecule has 2 aromatic carbocycles. The molecule has 1 atom stereocenters. The molecule has 54 heavy (non-hydrogen) atoms. The number of hydrogen-bond acceptors (Lipinski definition) is 8. The summed E-state index contributed by atoms with van der Waals surface area (Å²) in [5.41, 5.74) is 4.29. The van der Waals surface area contributed by atoms with Crippen LogP contribution in [0.25, 0.3) is 39.4 Å². The van der Waals surface area contributed by atoms with Gasteiger partial charge >= 0.3 is 0 Å². The van der Waals surface area contributed by atoms with Crippen LogP contribution in [0.2, 0.25) is 0 Å². The van der Waals surface area contributed by atoms with Gasteiger partial charge in [0, 0.05) is 78.1 Å². The van der Waals surface area contributed by atoms with Crippen molar-refractivity contribution in [2.24, 2.45) is 0 Å². The Kier molecular flexibility index (Phi) is 10.1. The lowest BCUT2D eigenvalue weighted by Crippen LogP contribution is -2.52. The summed E-state index contributed by atoms with van der Waals surface area (Å²) < 4.78 is 17.4. The van der Waals surface area contributed by atoms with Crippen molar-refractivity contribution in [1.82, 2.24) is 40.4 Å². The molecule has 7 rings (SSSR count). The monoisotopic (exact) mass is 734 g/mol. The van der Waals surface area contributed by atoms with E-state index in [2.05, 4.69) is 32.4 Å². The van der Waals surface area contributed by atoms with Crippen LogP contribution >= 0.6 is 0 Å². The Bertz CT molecular complexity index is 2370. The molecule has 5 heterocycles. The van der Waals surface area contributed by atoms with Gasteiger partial charge in [0.25, 0.3) is 11.8 Å². The van der Waals surface area contributed by atoms with Crippen molar-refractivity contribution in [2.75, 3.05) is 13.1 Å². The molecule has 3 N–H and O–H groups in total. The average Bonchev–Trinajstić information content (AvgIpc) is 3.55. The van der Waals surface area contributed by atoms with Crippen LogP contribution in [0.1, 0.15) is 68.9 Å². The first-order chi connectivity index (χ1) is 26.1. The van der Waals surface area contributed by atoms with E-state index in [1.54, 1.807) is 31.3 Å². The third kappa shape index (κ3) is 7.22. The molecule has 3 aromatic heterocycles. The molecule has 5 amide bonds. The summed E-state index contributed by atoms with van der Waals surface area (Å²) in [7, 11) is 0. The number of hydrogen-bond donors (Lipinski definition) is 3. The summed E-state index contributed by atoms with van der Waals surface area (Å²) in [4.78, 5) is 77.0. The molecule has 280 valence electrons. The number of rotatable bonds is 9. The highest BCUT2D eigenvalue weighted by Gasteiger charge is 2.29. The summed E-state index contributed by atoms with van der Waals surface area (Å²) >= 11 is 0. The zero-order valence-electron chi connectivity index (χ0n) is 29.7. The normalized spacial score (nSPS) is 15.6. The number of aryl methyl sites for hydroxylation is 1. The molecule has 14 heteroatoms. The van der Waals surface area contributed by atoms with Crippen LogP contribution in [-0.4, -0.2) is 73.1 Å². The standard InChI is InChI=1S/C40H37FN8O5.3H2/c1-3-34-46-37(33-22-48(23(2)50)17-18-49(33)34)27-10-5-8-25-19-32(44-21-29(25)27)26-12-13-30(43-20-26)39(53)42-16-6-9-24-7-4-11-28(36(24)41)38(52)45-31-14-15-35(51)47-40(31)54;;;/h4-13,19-21,31H,3,14-18,22H2,1-2H3,(H,42,53)(H,45,52)(H,47,51,54);3*1H/b9-6+;;;. The number of fused-ring (bicyclic) bond motifs is 2. The Hall–Kier alpha value is -6.57. The number of carbonyl (C=O) groups excluding carboxylic acids is 5. The molecule has 1 fully saturated rings. The van der Waals surface area contributed by atoms with Crippen LogP contribution in [0, 0.1) is 5.82 Å². The highest BCUT2D eigenvalue weighted by molar-refractivity contribution is 6.04. The van der Waals surface area contributed by atoms with Crippen LogP contribution < -0.4 is 16.0 Å². The summed E-state index contributed by atoms with van der Waals surface area (Å²) in [6.07, 6.45) is 7.38. The lowest BCUT2D eigenvalue weighted by atomic mass is 10.0. The SMILES string of the molecule is CCc1nc(-c2cccc3cc(-c4ccc(C(=O)NC/C=C/c5cccc(C(=O)NC6CCC(=O)NC6=O)c5F)nc4)ncc23)c2n1CCN(C(C)=O)C2.[HH].[HH].[HH]. The number of halogens is 1. The summed E-state index contributed by atoms with van der Waals surface area (Å²) in [6.45, 7) is 5.61. The summed E-state index contributed by atoms with van der Waals surface area (Å²) in [5, 5.41) is 9.24. The molecule has 0 spiro atoms. The van der Waals surface area contributed by atoms with Gasteiger partial charge in [-0.05, 0) is 36.1 Å². The van der Waals surface area contributed by atoms with E-state index in [1.165, 1.54) is 24.3 Å². The maximum Gasteiger partial charge on any atom is 0.270 e. The fourth-order valence-electron chi connectivity index (χ4n) is 6.76. The predicted octanol–water partition coefficient (Wildman–Crippen LogP) is 4.94. The molecule has 1 saturated heterocycles. The second-order valence-corrected chi connectivity index (χ2v) is 13.1. The van der Waals surface area contributed by atoms with Crippen LogP contribution in [0.15, 0.2) is 73.1 Å². The van der Waals surface area contributed by atoms with Crippen molar-refractivity contribution in [3.8, 4) is 22.5 Å². The largest absolute Gasteiger partial charge is 0.347 e. The van der Waals surface area contributed by atoms with Crippen molar-refractivity contribution in [1.29, 1.82) is 0 Å². The third-order valence-electron chi connectivity index (χ3n) is 9.65. The second-order valence-electron chi connectivity index (χ2n) is 13.1. The van der Waals surface area contributed by atoms with Crippen molar-refractivity contribution in [3.05, 3.63) is 107 Å². The van der Waals surface area contributed by atoms with E-state index < -0.39 is 35.5 Å². The Balaban J connectivity index is 0.00000240. The fourth-order valence-corrected chi connectivity index (χ4v) is 6.76. The number of nitrogens with zero attached hydrogens (tertiary/aromatic N) is 5. The minimum absolute atomic E-state index is 0. The van der Waals surface area contributed by atoms with Crippen molar-refractivity contribution < 1.29 is 32.6 Å².